The Morgan fingerprint density at radius 2 is 2.00 bits per heavy atom. The number of nitrogens with two attached hydrogens (primary N) is 2. The Morgan fingerprint density at radius 1 is 1.28 bits per heavy atom. The molecule has 0 fully saturated rings. The number of anilines is 1. The first-order valence-electron chi connectivity index (χ1n) is 4.71. The molecule has 0 aromatic carbocycles. The number of nitrogens with zero attached hydrogens (tertiary/aromatic N) is 4. The van der Waals surface area contributed by atoms with E-state index in [1.807, 2.05) is 0 Å². The molecule has 0 bridgehead atoms. The Balaban J connectivity index is 2.40. The van der Waals surface area contributed by atoms with Crippen LogP contribution in [0.4, 0.5) is 5.69 Å². The van der Waals surface area contributed by atoms with Gasteiger partial charge in [-0.05, 0) is 12.1 Å². The van der Waals surface area contributed by atoms with Crippen molar-refractivity contribution >= 4 is 17.6 Å². The minimum Gasteiger partial charge on any atom is -0.476 e. The third-order valence-electron chi connectivity index (χ3n) is 2.08. The summed E-state index contributed by atoms with van der Waals surface area (Å²) in [6, 6.07) is 2.77. The maximum absolute atomic E-state index is 10.8. The van der Waals surface area contributed by atoms with Gasteiger partial charge in [-0.25, -0.2) is 9.48 Å². The third kappa shape index (κ3) is 1.96. The normalized spacial score (nSPS) is 10.2. The molecule has 2 rings (SSSR count). The molecule has 0 saturated carbocycles. The average molecular weight is 248 g/mol. The van der Waals surface area contributed by atoms with E-state index in [4.69, 9.17) is 16.6 Å². The molecular weight excluding hydrogens is 240 g/mol. The molecule has 2 aromatic heterocycles. The molecule has 0 aliphatic heterocycles. The number of primary amides is 1. The second-order valence-corrected chi connectivity index (χ2v) is 3.32. The largest absolute Gasteiger partial charge is 0.476 e. The fourth-order valence-electron chi connectivity index (χ4n) is 1.25. The SMILES string of the molecule is NC(=O)c1ccc(-n2cc(N)c(C(=O)O)n2)nn1. The number of amides is 1. The Morgan fingerprint density at radius 3 is 2.44 bits per heavy atom. The Labute approximate surface area is 100 Å². The van der Waals surface area contributed by atoms with Gasteiger partial charge in [0.15, 0.2) is 17.2 Å². The number of carbonyl (C=O) groups is 2. The lowest BCUT2D eigenvalue weighted by atomic mass is 10.4. The van der Waals surface area contributed by atoms with Crippen LogP contribution in [0.5, 0.6) is 0 Å². The average Bonchev–Trinajstić information content (AvgIpc) is 2.71. The highest BCUT2D eigenvalue weighted by Gasteiger charge is 2.14. The van der Waals surface area contributed by atoms with Gasteiger partial charge in [0.25, 0.3) is 5.91 Å². The zero-order chi connectivity index (χ0) is 13.3. The zero-order valence-electron chi connectivity index (χ0n) is 8.94. The van der Waals surface area contributed by atoms with Gasteiger partial charge in [0.2, 0.25) is 0 Å². The minimum absolute atomic E-state index is 0.00247. The van der Waals surface area contributed by atoms with E-state index in [9.17, 15) is 9.59 Å². The van der Waals surface area contributed by atoms with E-state index in [2.05, 4.69) is 15.3 Å². The summed E-state index contributed by atoms with van der Waals surface area (Å²) in [5.74, 6) is -1.73. The molecule has 2 heterocycles. The van der Waals surface area contributed by atoms with Crippen molar-refractivity contribution in [2.45, 2.75) is 0 Å². The van der Waals surface area contributed by atoms with Crippen LogP contribution < -0.4 is 11.5 Å². The molecule has 0 aliphatic rings. The summed E-state index contributed by atoms with van der Waals surface area (Å²) in [4.78, 5) is 21.6. The van der Waals surface area contributed by atoms with E-state index in [1.54, 1.807) is 0 Å². The predicted molar refractivity (Wildman–Crippen MR) is 59.0 cm³/mol. The van der Waals surface area contributed by atoms with Crippen LogP contribution in [0.1, 0.15) is 21.0 Å². The number of hydrogen-bond donors (Lipinski definition) is 3. The zero-order valence-corrected chi connectivity index (χ0v) is 8.94. The molecule has 0 saturated heterocycles. The van der Waals surface area contributed by atoms with E-state index in [0.29, 0.717) is 0 Å². The monoisotopic (exact) mass is 248 g/mol. The molecule has 0 radical (unpaired) electrons. The number of carboxylic acid groups (broad SMARTS) is 1. The summed E-state index contributed by atoms with van der Waals surface area (Å²) >= 11 is 0. The molecule has 5 N–H and O–H groups in total. The molecule has 18 heavy (non-hydrogen) atoms. The van der Waals surface area contributed by atoms with Crippen molar-refractivity contribution < 1.29 is 14.7 Å². The van der Waals surface area contributed by atoms with Gasteiger partial charge in [-0.15, -0.1) is 10.2 Å². The van der Waals surface area contributed by atoms with Gasteiger partial charge in [-0.2, -0.15) is 5.10 Å². The van der Waals surface area contributed by atoms with E-state index < -0.39 is 11.9 Å². The maximum atomic E-state index is 10.8. The standard InChI is InChI=1S/C9H8N6O3/c10-4-3-15(14-7(4)9(17)18)6-2-1-5(8(11)16)12-13-6/h1-3H,10H2,(H2,11,16)(H,17,18). The Bertz CT molecular complexity index is 618. The summed E-state index contributed by atoms with van der Waals surface area (Å²) < 4.78 is 1.15. The van der Waals surface area contributed by atoms with Crippen molar-refractivity contribution in [2.24, 2.45) is 5.73 Å². The van der Waals surface area contributed by atoms with Gasteiger partial charge in [0.05, 0.1) is 11.9 Å². The lowest BCUT2D eigenvalue weighted by Crippen LogP contribution is -2.14. The first-order chi connectivity index (χ1) is 8.49. The minimum atomic E-state index is -1.24. The summed E-state index contributed by atoms with van der Waals surface area (Å²) in [5, 5.41) is 19.8. The second-order valence-electron chi connectivity index (χ2n) is 3.32. The van der Waals surface area contributed by atoms with Crippen LogP contribution >= 0.6 is 0 Å². The first-order valence-corrected chi connectivity index (χ1v) is 4.71. The highest BCUT2D eigenvalue weighted by atomic mass is 16.4. The maximum Gasteiger partial charge on any atom is 0.358 e. The highest BCUT2D eigenvalue weighted by molar-refractivity contribution is 5.91. The van der Waals surface area contributed by atoms with Crippen LogP contribution in [0.2, 0.25) is 0 Å². The van der Waals surface area contributed by atoms with Gasteiger partial charge in [0, 0.05) is 0 Å². The fraction of sp³-hybridized carbons (Fsp3) is 0. The first kappa shape index (κ1) is 11.5. The van der Waals surface area contributed by atoms with Gasteiger partial charge in [-0.3, -0.25) is 4.79 Å². The van der Waals surface area contributed by atoms with Crippen LogP contribution in [-0.4, -0.2) is 37.0 Å². The van der Waals surface area contributed by atoms with Crippen LogP contribution in [0.3, 0.4) is 0 Å². The van der Waals surface area contributed by atoms with Gasteiger partial charge < -0.3 is 16.6 Å². The van der Waals surface area contributed by atoms with Crippen LogP contribution in [0.25, 0.3) is 5.82 Å². The van der Waals surface area contributed by atoms with Crippen molar-refractivity contribution in [1.29, 1.82) is 0 Å². The molecule has 0 aliphatic carbocycles. The topological polar surface area (TPSA) is 150 Å². The van der Waals surface area contributed by atoms with E-state index >= 15 is 0 Å². The molecule has 9 heteroatoms. The molecule has 0 unspecified atom stereocenters. The van der Waals surface area contributed by atoms with Gasteiger partial charge in [0.1, 0.15) is 0 Å². The molecule has 0 spiro atoms. The predicted octanol–water partition coefficient (Wildman–Crippen LogP) is -0.958. The summed E-state index contributed by atoms with van der Waals surface area (Å²) in [6.07, 6.45) is 1.29. The molecular formula is C9H8N6O3. The summed E-state index contributed by atoms with van der Waals surface area (Å²) in [7, 11) is 0. The van der Waals surface area contributed by atoms with Crippen LogP contribution in [0, 0.1) is 0 Å². The summed E-state index contributed by atoms with van der Waals surface area (Å²) in [5.41, 5.74) is 10.2. The van der Waals surface area contributed by atoms with Crippen LogP contribution in [-0.2, 0) is 0 Å². The lowest BCUT2D eigenvalue weighted by molar-refractivity contribution is 0.0691. The van der Waals surface area contributed by atoms with Crippen molar-refractivity contribution in [3.63, 3.8) is 0 Å². The molecule has 9 nitrogen and oxygen atoms in total. The number of rotatable bonds is 3. The molecule has 2 aromatic rings. The molecule has 1 amide bonds. The Hall–Kier alpha value is -2.97. The second kappa shape index (κ2) is 4.13. The Kier molecular flexibility index (Phi) is 2.64. The number of hydrogen-bond acceptors (Lipinski definition) is 6. The number of aromatic nitrogens is 4. The van der Waals surface area contributed by atoms with Crippen molar-refractivity contribution in [3.8, 4) is 5.82 Å². The van der Waals surface area contributed by atoms with Gasteiger partial charge in [-0.1, -0.05) is 0 Å². The molecule has 0 atom stereocenters. The molecule has 92 valence electrons. The van der Waals surface area contributed by atoms with Crippen molar-refractivity contribution in [3.05, 3.63) is 29.7 Å². The van der Waals surface area contributed by atoms with Crippen LogP contribution in [0.15, 0.2) is 18.3 Å². The number of aromatic carboxylic acids is 1. The van der Waals surface area contributed by atoms with E-state index in [1.165, 1.54) is 18.3 Å². The smallest absolute Gasteiger partial charge is 0.358 e. The third-order valence-corrected chi connectivity index (χ3v) is 2.08. The number of carboxylic acids is 1. The number of carbonyl (C=O) groups excluding carboxylic acids is 1. The van der Waals surface area contributed by atoms with Gasteiger partial charge >= 0.3 is 5.97 Å². The highest BCUT2D eigenvalue weighted by Crippen LogP contribution is 2.12. The lowest BCUT2D eigenvalue weighted by Gasteiger charge is -1.98. The number of nitrogen functional groups attached to an aromatic ring is 1. The van der Waals surface area contributed by atoms with Crippen molar-refractivity contribution in [2.75, 3.05) is 5.73 Å². The van der Waals surface area contributed by atoms with Crippen molar-refractivity contribution in [1.82, 2.24) is 20.0 Å². The van der Waals surface area contributed by atoms with E-state index in [0.717, 1.165) is 4.68 Å². The summed E-state index contributed by atoms with van der Waals surface area (Å²) in [6.45, 7) is 0. The quantitative estimate of drug-likeness (QED) is 0.632. The fourth-order valence-corrected chi connectivity index (χ4v) is 1.25. The van der Waals surface area contributed by atoms with E-state index in [-0.39, 0.29) is 22.9 Å².